The van der Waals surface area contributed by atoms with Crippen LogP contribution in [-0.4, -0.2) is 30.2 Å². The number of fused-ring (bicyclic) bond motifs is 1. The predicted octanol–water partition coefficient (Wildman–Crippen LogP) is -0.113. The molecule has 0 saturated carbocycles. The molecule has 1 aliphatic rings. The van der Waals surface area contributed by atoms with Gasteiger partial charge in [0.1, 0.15) is 12.3 Å². The third-order valence-corrected chi connectivity index (χ3v) is 1.83. The van der Waals surface area contributed by atoms with Crippen LogP contribution in [0.5, 0.6) is 5.88 Å². The van der Waals surface area contributed by atoms with E-state index in [0.29, 0.717) is 12.5 Å². The predicted molar refractivity (Wildman–Crippen MR) is 45.2 cm³/mol. The van der Waals surface area contributed by atoms with E-state index in [1.807, 2.05) is 11.9 Å². The summed E-state index contributed by atoms with van der Waals surface area (Å²) in [6.45, 7) is 1.51. The number of nitrogens with two attached hydrogens (primary N) is 1. The minimum absolute atomic E-state index is 0.254. The van der Waals surface area contributed by atoms with Crippen LogP contribution in [0, 0.1) is 0 Å². The van der Waals surface area contributed by atoms with Crippen molar-refractivity contribution in [3.05, 3.63) is 6.20 Å². The number of hydrogen-bond donors (Lipinski definition) is 1. The third kappa shape index (κ3) is 1.03. The number of rotatable bonds is 0. The normalized spacial score (nSPS) is 15.2. The average molecular weight is 166 g/mol. The van der Waals surface area contributed by atoms with Crippen LogP contribution in [0.4, 0.5) is 11.6 Å². The summed E-state index contributed by atoms with van der Waals surface area (Å²) in [7, 11) is 1.97. The van der Waals surface area contributed by atoms with E-state index in [4.69, 9.17) is 10.5 Å². The molecule has 0 aliphatic carbocycles. The molecule has 0 bridgehead atoms. The van der Waals surface area contributed by atoms with E-state index >= 15 is 0 Å². The van der Waals surface area contributed by atoms with Gasteiger partial charge in [0.05, 0.1) is 12.7 Å². The van der Waals surface area contributed by atoms with Crippen LogP contribution in [0.3, 0.4) is 0 Å². The van der Waals surface area contributed by atoms with Crippen molar-refractivity contribution in [3.8, 4) is 5.88 Å². The topological polar surface area (TPSA) is 64.3 Å². The minimum atomic E-state index is 0.254. The maximum atomic E-state index is 5.41. The summed E-state index contributed by atoms with van der Waals surface area (Å²) in [6.07, 6.45) is 1.68. The highest BCUT2D eigenvalue weighted by Crippen LogP contribution is 2.27. The highest BCUT2D eigenvalue weighted by Gasteiger charge is 2.16. The average Bonchev–Trinajstić information content (AvgIpc) is 2.04. The summed E-state index contributed by atoms with van der Waals surface area (Å²) in [5.74, 6) is 0.834. The first-order chi connectivity index (χ1) is 5.77. The first-order valence-corrected chi connectivity index (χ1v) is 3.74. The van der Waals surface area contributed by atoms with Gasteiger partial charge in [-0.1, -0.05) is 0 Å². The Kier molecular flexibility index (Phi) is 1.49. The van der Waals surface area contributed by atoms with Crippen LogP contribution < -0.4 is 15.4 Å². The lowest BCUT2D eigenvalue weighted by Gasteiger charge is -2.25. The van der Waals surface area contributed by atoms with Crippen molar-refractivity contribution >= 4 is 11.6 Å². The summed E-state index contributed by atoms with van der Waals surface area (Å²) < 4.78 is 5.30. The number of ether oxygens (including phenoxy) is 1. The molecule has 64 valence electrons. The fourth-order valence-corrected chi connectivity index (χ4v) is 1.14. The summed E-state index contributed by atoms with van der Waals surface area (Å²) in [5, 5.41) is 0. The smallest absolute Gasteiger partial charge is 0.242 e. The summed E-state index contributed by atoms with van der Waals surface area (Å²) in [6, 6.07) is 0. The molecule has 2 rings (SSSR count). The SMILES string of the molecule is CN1CCOc2nc(N)ncc21. The zero-order valence-corrected chi connectivity index (χ0v) is 6.82. The van der Waals surface area contributed by atoms with Crippen LogP contribution in [0.1, 0.15) is 0 Å². The van der Waals surface area contributed by atoms with Gasteiger partial charge in [-0.3, -0.25) is 0 Å². The van der Waals surface area contributed by atoms with Crippen molar-refractivity contribution in [3.63, 3.8) is 0 Å². The molecule has 2 heterocycles. The molecule has 1 aliphatic heterocycles. The van der Waals surface area contributed by atoms with Crippen molar-refractivity contribution in [1.29, 1.82) is 0 Å². The molecule has 0 saturated heterocycles. The van der Waals surface area contributed by atoms with Gasteiger partial charge in [-0.25, -0.2) is 4.98 Å². The highest BCUT2D eigenvalue weighted by atomic mass is 16.5. The fraction of sp³-hybridized carbons (Fsp3) is 0.429. The van der Waals surface area contributed by atoms with Gasteiger partial charge in [-0.2, -0.15) is 4.98 Å². The van der Waals surface area contributed by atoms with Gasteiger partial charge < -0.3 is 15.4 Å². The Labute approximate surface area is 70.2 Å². The molecule has 0 aromatic carbocycles. The lowest BCUT2D eigenvalue weighted by Crippen LogP contribution is -2.29. The molecule has 1 aromatic rings. The van der Waals surface area contributed by atoms with Crippen LogP contribution in [0.2, 0.25) is 0 Å². The Morgan fingerprint density at radius 3 is 3.33 bits per heavy atom. The van der Waals surface area contributed by atoms with Crippen molar-refractivity contribution < 1.29 is 4.74 Å². The second-order valence-electron chi connectivity index (χ2n) is 2.69. The Morgan fingerprint density at radius 2 is 2.50 bits per heavy atom. The number of nitrogen functional groups attached to an aromatic ring is 1. The van der Waals surface area contributed by atoms with E-state index in [1.54, 1.807) is 6.20 Å². The second-order valence-corrected chi connectivity index (χ2v) is 2.69. The Hall–Kier alpha value is -1.52. The molecular formula is C7H10N4O. The molecule has 0 fully saturated rings. The zero-order chi connectivity index (χ0) is 8.55. The van der Waals surface area contributed by atoms with Gasteiger partial charge in [-0.15, -0.1) is 0 Å². The van der Waals surface area contributed by atoms with Gasteiger partial charge in [0.2, 0.25) is 11.8 Å². The summed E-state index contributed by atoms with van der Waals surface area (Å²) >= 11 is 0. The first-order valence-electron chi connectivity index (χ1n) is 3.74. The van der Waals surface area contributed by atoms with E-state index in [2.05, 4.69) is 9.97 Å². The molecular weight excluding hydrogens is 156 g/mol. The van der Waals surface area contributed by atoms with Crippen molar-refractivity contribution in [1.82, 2.24) is 9.97 Å². The second kappa shape index (κ2) is 2.51. The quantitative estimate of drug-likeness (QED) is 0.582. The van der Waals surface area contributed by atoms with Crippen LogP contribution in [0.15, 0.2) is 6.20 Å². The Bertz CT molecular complexity index is 301. The molecule has 0 radical (unpaired) electrons. The van der Waals surface area contributed by atoms with E-state index in [9.17, 15) is 0 Å². The number of hydrogen-bond acceptors (Lipinski definition) is 5. The highest BCUT2D eigenvalue weighted by molar-refractivity contribution is 5.55. The number of anilines is 2. The monoisotopic (exact) mass is 166 g/mol. The van der Waals surface area contributed by atoms with Gasteiger partial charge in [0.15, 0.2) is 0 Å². The number of aromatic nitrogens is 2. The standard InChI is InChI=1S/C7H10N4O/c1-11-2-3-12-6-5(11)4-9-7(8)10-6/h4H,2-3H2,1H3,(H2,8,9,10). The van der Waals surface area contributed by atoms with Crippen molar-refractivity contribution in [2.24, 2.45) is 0 Å². The first kappa shape index (κ1) is 7.15. The molecule has 12 heavy (non-hydrogen) atoms. The van der Waals surface area contributed by atoms with Gasteiger partial charge in [0, 0.05) is 7.05 Å². The maximum absolute atomic E-state index is 5.41. The van der Waals surface area contributed by atoms with E-state index < -0.39 is 0 Å². The molecule has 5 heteroatoms. The van der Waals surface area contributed by atoms with Gasteiger partial charge >= 0.3 is 0 Å². The van der Waals surface area contributed by atoms with Gasteiger partial charge in [-0.05, 0) is 0 Å². The van der Waals surface area contributed by atoms with Crippen LogP contribution >= 0.6 is 0 Å². The molecule has 0 amide bonds. The van der Waals surface area contributed by atoms with Crippen molar-refractivity contribution in [2.75, 3.05) is 30.8 Å². The lowest BCUT2D eigenvalue weighted by molar-refractivity contribution is 0.298. The number of likely N-dealkylation sites (N-methyl/N-ethyl adjacent to an activating group) is 1. The number of nitrogens with zero attached hydrogens (tertiary/aromatic N) is 3. The molecule has 5 nitrogen and oxygen atoms in total. The maximum Gasteiger partial charge on any atom is 0.242 e. The molecule has 0 spiro atoms. The largest absolute Gasteiger partial charge is 0.474 e. The third-order valence-electron chi connectivity index (χ3n) is 1.83. The van der Waals surface area contributed by atoms with Gasteiger partial charge in [0.25, 0.3) is 0 Å². The molecule has 0 unspecified atom stereocenters. The van der Waals surface area contributed by atoms with Crippen molar-refractivity contribution in [2.45, 2.75) is 0 Å². The minimum Gasteiger partial charge on any atom is -0.474 e. The Morgan fingerprint density at radius 1 is 1.67 bits per heavy atom. The molecule has 2 N–H and O–H groups in total. The summed E-state index contributed by atoms with van der Waals surface area (Å²) in [4.78, 5) is 9.89. The summed E-state index contributed by atoms with van der Waals surface area (Å²) in [5.41, 5.74) is 6.31. The Balaban J connectivity index is 2.46. The zero-order valence-electron chi connectivity index (χ0n) is 6.82. The van der Waals surface area contributed by atoms with E-state index in [1.165, 1.54) is 0 Å². The molecule has 0 atom stereocenters. The molecule has 1 aromatic heterocycles. The van der Waals surface area contributed by atoms with E-state index in [0.717, 1.165) is 12.2 Å². The van der Waals surface area contributed by atoms with Crippen LogP contribution in [0.25, 0.3) is 0 Å². The van der Waals surface area contributed by atoms with E-state index in [-0.39, 0.29) is 5.95 Å². The van der Waals surface area contributed by atoms with Crippen LogP contribution in [-0.2, 0) is 0 Å². The fourth-order valence-electron chi connectivity index (χ4n) is 1.14. The lowest BCUT2D eigenvalue weighted by atomic mass is 10.4.